The van der Waals surface area contributed by atoms with Crippen LogP contribution in [0.2, 0.25) is 5.02 Å². The van der Waals surface area contributed by atoms with Gasteiger partial charge in [-0.15, -0.1) is 0 Å². The number of carbonyl (C=O) groups is 1. The van der Waals surface area contributed by atoms with E-state index in [4.69, 9.17) is 11.6 Å². The SMILES string of the molecule is CC1CC[NH+]([C@@H](C)C(=O)Nc2ccc(Cl)cc2)CC1. The molecule has 0 aromatic heterocycles. The molecule has 0 spiro atoms. The molecule has 4 heteroatoms. The van der Waals surface area contributed by atoms with Crippen molar-refractivity contribution in [2.45, 2.75) is 32.7 Å². The highest BCUT2D eigenvalue weighted by atomic mass is 35.5. The molecular weight excluding hydrogens is 260 g/mol. The van der Waals surface area contributed by atoms with Crippen LogP contribution in [0.3, 0.4) is 0 Å². The summed E-state index contributed by atoms with van der Waals surface area (Å²) in [4.78, 5) is 13.6. The third kappa shape index (κ3) is 3.95. The molecule has 1 aliphatic rings. The van der Waals surface area contributed by atoms with Gasteiger partial charge in [-0.05, 0) is 49.9 Å². The molecule has 1 atom stereocenters. The number of nitrogens with one attached hydrogen (secondary N) is 2. The maximum Gasteiger partial charge on any atom is 0.282 e. The lowest BCUT2D eigenvalue weighted by Crippen LogP contribution is -3.17. The molecule has 2 rings (SSSR count). The minimum atomic E-state index is 0.00294. The lowest BCUT2D eigenvalue weighted by Gasteiger charge is -2.31. The van der Waals surface area contributed by atoms with E-state index in [0.29, 0.717) is 5.02 Å². The van der Waals surface area contributed by atoms with E-state index in [1.54, 1.807) is 12.1 Å². The van der Waals surface area contributed by atoms with Crippen molar-refractivity contribution in [3.05, 3.63) is 29.3 Å². The van der Waals surface area contributed by atoms with Gasteiger partial charge in [-0.3, -0.25) is 4.79 Å². The smallest absolute Gasteiger partial charge is 0.282 e. The minimum Gasteiger partial charge on any atom is -0.325 e. The Labute approximate surface area is 119 Å². The summed E-state index contributed by atoms with van der Waals surface area (Å²) in [6, 6.07) is 7.25. The summed E-state index contributed by atoms with van der Waals surface area (Å²) >= 11 is 5.83. The van der Waals surface area contributed by atoms with Gasteiger partial charge in [0.25, 0.3) is 5.91 Å². The van der Waals surface area contributed by atoms with E-state index < -0.39 is 0 Å². The van der Waals surface area contributed by atoms with E-state index in [9.17, 15) is 4.79 Å². The third-order valence-corrected chi connectivity index (χ3v) is 4.29. The maximum atomic E-state index is 12.2. The number of halogens is 1. The number of anilines is 1. The van der Waals surface area contributed by atoms with Gasteiger partial charge >= 0.3 is 0 Å². The highest BCUT2D eigenvalue weighted by Crippen LogP contribution is 2.13. The van der Waals surface area contributed by atoms with Gasteiger partial charge in [0.1, 0.15) is 0 Å². The zero-order valence-electron chi connectivity index (χ0n) is 11.6. The molecule has 3 nitrogen and oxygen atoms in total. The fraction of sp³-hybridized carbons (Fsp3) is 0.533. The molecule has 1 aromatic rings. The van der Waals surface area contributed by atoms with Gasteiger partial charge in [0.15, 0.2) is 6.04 Å². The number of carbonyl (C=O) groups excluding carboxylic acids is 1. The normalized spacial score (nSPS) is 24.8. The summed E-state index contributed by atoms with van der Waals surface area (Å²) in [5, 5.41) is 3.64. The van der Waals surface area contributed by atoms with Crippen molar-refractivity contribution in [2.75, 3.05) is 18.4 Å². The van der Waals surface area contributed by atoms with Gasteiger partial charge in [-0.2, -0.15) is 0 Å². The van der Waals surface area contributed by atoms with Crippen LogP contribution in [0.4, 0.5) is 5.69 Å². The summed E-state index contributed by atoms with van der Waals surface area (Å²) in [5.41, 5.74) is 0.811. The van der Waals surface area contributed by atoms with Gasteiger partial charge in [0.2, 0.25) is 0 Å². The molecule has 0 unspecified atom stereocenters. The van der Waals surface area contributed by atoms with Crippen LogP contribution in [0.15, 0.2) is 24.3 Å². The van der Waals surface area contributed by atoms with E-state index in [-0.39, 0.29) is 11.9 Å². The summed E-state index contributed by atoms with van der Waals surface area (Å²) in [7, 11) is 0. The third-order valence-electron chi connectivity index (χ3n) is 4.03. The van der Waals surface area contributed by atoms with Crippen LogP contribution in [0.5, 0.6) is 0 Å². The summed E-state index contributed by atoms with van der Waals surface area (Å²) < 4.78 is 0. The molecule has 0 bridgehead atoms. The van der Waals surface area contributed by atoms with Crippen molar-refractivity contribution in [3.63, 3.8) is 0 Å². The molecule has 1 fully saturated rings. The highest BCUT2D eigenvalue weighted by Gasteiger charge is 2.28. The lowest BCUT2D eigenvalue weighted by atomic mass is 9.98. The van der Waals surface area contributed by atoms with E-state index in [1.165, 1.54) is 17.7 Å². The van der Waals surface area contributed by atoms with Crippen molar-refractivity contribution in [1.82, 2.24) is 0 Å². The first-order valence-electron chi connectivity index (χ1n) is 6.97. The van der Waals surface area contributed by atoms with Crippen molar-refractivity contribution in [1.29, 1.82) is 0 Å². The van der Waals surface area contributed by atoms with Crippen LogP contribution < -0.4 is 10.2 Å². The quantitative estimate of drug-likeness (QED) is 0.873. The first-order valence-corrected chi connectivity index (χ1v) is 7.35. The molecule has 1 amide bonds. The van der Waals surface area contributed by atoms with Crippen molar-refractivity contribution < 1.29 is 9.69 Å². The van der Waals surface area contributed by atoms with Crippen molar-refractivity contribution >= 4 is 23.2 Å². The van der Waals surface area contributed by atoms with Crippen LogP contribution >= 0.6 is 11.6 Å². The molecule has 104 valence electrons. The minimum absolute atomic E-state index is 0.00294. The number of hydrogen-bond acceptors (Lipinski definition) is 1. The maximum absolute atomic E-state index is 12.2. The van der Waals surface area contributed by atoms with Gasteiger partial charge < -0.3 is 10.2 Å². The van der Waals surface area contributed by atoms with Crippen LogP contribution in [0.25, 0.3) is 0 Å². The molecular formula is C15H22ClN2O+. The van der Waals surface area contributed by atoms with Gasteiger partial charge in [0, 0.05) is 10.7 Å². The molecule has 0 saturated carbocycles. The predicted molar refractivity (Wildman–Crippen MR) is 78.6 cm³/mol. The number of quaternary nitrogens is 1. The van der Waals surface area contributed by atoms with E-state index >= 15 is 0 Å². The standard InChI is InChI=1S/C15H21ClN2O/c1-11-7-9-18(10-8-11)12(2)15(19)17-14-5-3-13(16)4-6-14/h3-6,11-12H,7-10H2,1-2H3,(H,17,19)/p+1/t12-/m0/s1. The van der Waals surface area contributed by atoms with Crippen LogP contribution in [-0.4, -0.2) is 25.0 Å². The highest BCUT2D eigenvalue weighted by molar-refractivity contribution is 6.30. The van der Waals surface area contributed by atoms with Gasteiger partial charge in [0.05, 0.1) is 13.1 Å². The van der Waals surface area contributed by atoms with Crippen molar-refractivity contribution in [2.24, 2.45) is 5.92 Å². The number of piperidine rings is 1. The van der Waals surface area contributed by atoms with Gasteiger partial charge in [-0.1, -0.05) is 18.5 Å². The zero-order valence-corrected chi connectivity index (χ0v) is 12.3. The molecule has 1 saturated heterocycles. The fourth-order valence-corrected chi connectivity index (χ4v) is 2.66. The second kappa shape index (κ2) is 6.40. The summed E-state index contributed by atoms with van der Waals surface area (Å²) in [6.45, 7) is 6.48. The Morgan fingerprint density at radius 1 is 1.32 bits per heavy atom. The Morgan fingerprint density at radius 3 is 2.47 bits per heavy atom. The van der Waals surface area contributed by atoms with Crippen LogP contribution in [-0.2, 0) is 4.79 Å². The van der Waals surface area contributed by atoms with E-state index in [0.717, 1.165) is 24.7 Å². The number of benzene rings is 1. The van der Waals surface area contributed by atoms with Crippen LogP contribution in [0, 0.1) is 5.92 Å². The zero-order chi connectivity index (χ0) is 13.8. The second-order valence-corrected chi connectivity index (χ2v) is 6.00. The number of rotatable bonds is 3. The predicted octanol–water partition coefficient (Wildman–Crippen LogP) is 1.98. The Bertz CT molecular complexity index is 424. The van der Waals surface area contributed by atoms with Crippen LogP contribution in [0.1, 0.15) is 26.7 Å². The monoisotopic (exact) mass is 281 g/mol. The molecule has 0 aliphatic carbocycles. The van der Waals surface area contributed by atoms with Gasteiger partial charge in [-0.25, -0.2) is 0 Å². The Hall–Kier alpha value is -1.06. The Morgan fingerprint density at radius 2 is 1.89 bits per heavy atom. The Kier molecular flexibility index (Phi) is 4.83. The fourth-order valence-electron chi connectivity index (χ4n) is 2.54. The number of hydrogen-bond donors (Lipinski definition) is 2. The second-order valence-electron chi connectivity index (χ2n) is 5.56. The molecule has 2 N–H and O–H groups in total. The van der Waals surface area contributed by atoms with Crippen molar-refractivity contribution in [3.8, 4) is 0 Å². The average Bonchev–Trinajstić information content (AvgIpc) is 2.41. The lowest BCUT2D eigenvalue weighted by molar-refractivity contribution is -0.919. The first kappa shape index (κ1) is 14.4. The molecule has 1 aliphatic heterocycles. The summed E-state index contributed by atoms with van der Waals surface area (Å²) in [5.74, 6) is 0.891. The molecule has 1 aromatic carbocycles. The Balaban J connectivity index is 1.90. The molecule has 0 radical (unpaired) electrons. The number of amides is 1. The summed E-state index contributed by atoms with van der Waals surface area (Å²) in [6.07, 6.45) is 2.43. The first-order chi connectivity index (χ1) is 9.06. The molecule has 1 heterocycles. The topological polar surface area (TPSA) is 33.5 Å². The molecule has 19 heavy (non-hydrogen) atoms. The van der Waals surface area contributed by atoms with E-state index in [1.807, 2.05) is 19.1 Å². The largest absolute Gasteiger partial charge is 0.325 e. The average molecular weight is 282 g/mol. The van der Waals surface area contributed by atoms with E-state index in [2.05, 4.69) is 12.2 Å². The number of likely N-dealkylation sites (tertiary alicyclic amines) is 1.